The molecule has 2 rings (SSSR count). The van der Waals surface area contributed by atoms with Crippen molar-refractivity contribution in [2.75, 3.05) is 39.3 Å². The normalized spacial score (nSPS) is 24.2. The fourth-order valence-corrected chi connectivity index (χ4v) is 2.01. The molecule has 78 valence electrons. The Bertz CT molecular complexity index is 237. The topological polar surface area (TPSA) is 18.8 Å². The van der Waals surface area contributed by atoms with E-state index in [-0.39, 0.29) is 0 Å². The summed E-state index contributed by atoms with van der Waals surface area (Å²) in [6.45, 7) is 9.30. The molecule has 1 fully saturated rings. The minimum atomic E-state index is 1.03. The molecule has 0 aromatic rings. The number of aliphatic imine (C=N–C) groups is 1. The lowest BCUT2D eigenvalue weighted by atomic mass is 10.3. The lowest BCUT2D eigenvalue weighted by Gasteiger charge is -2.33. The van der Waals surface area contributed by atoms with Crippen molar-refractivity contribution >= 4 is 6.21 Å². The Morgan fingerprint density at radius 3 is 2.50 bits per heavy atom. The zero-order valence-corrected chi connectivity index (χ0v) is 8.95. The number of hydrogen-bond donors (Lipinski definition) is 0. The summed E-state index contributed by atoms with van der Waals surface area (Å²) in [5.74, 6) is 0. The molecule has 2 heterocycles. The van der Waals surface area contributed by atoms with E-state index < -0.39 is 0 Å². The van der Waals surface area contributed by atoms with E-state index in [1.165, 1.54) is 38.4 Å². The van der Waals surface area contributed by atoms with Crippen molar-refractivity contribution in [3.8, 4) is 0 Å². The van der Waals surface area contributed by atoms with E-state index in [0.29, 0.717) is 0 Å². The molecule has 0 unspecified atom stereocenters. The first kappa shape index (κ1) is 9.87. The van der Waals surface area contributed by atoms with Crippen LogP contribution in [0.3, 0.4) is 0 Å². The Balaban J connectivity index is 1.75. The molecular weight excluding hydrogens is 174 g/mol. The van der Waals surface area contributed by atoms with Gasteiger partial charge in [0.25, 0.3) is 0 Å². The molecule has 0 saturated carbocycles. The standard InChI is InChI=1S/C11H19N3/c1-2-13-6-8-14(9-7-13)10-11-4-3-5-12-11/h4-5H,2-3,6-10H2,1H3. The summed E-state index contributed by atoms with van der Waals surface area (Å²) < 4.78 is 0. The molecule has 1 saturated heterocycles. The average molecular weight is 193 g/mol. The summed E-state index contributed by atoms with van der Waals surface area (Å²) in [5.41, 5.74) is 1.26. The van der Waals surface area contributed by atoms with Crippen molar-refractivity contribution in [1.29, 1.82) is 0 Å². The third-order valence-electron chi connectivity index (χ3n) is 3.01. The van der Waals surface area contributed by atoms with Crippen molar-refractivity contribution in [2.45, 2.75) is 13.3 Å². The van der Waals surface area contributed by atoms with E-state index >= 15 is 0 Å². The number of piperazine rings is 1. The van der Waals surface area contributed by atoms with Gasteiger partial charge in [-0.15, -0.1) is 0 Å². The number of nitrogens with zero attached hydrogens (tertiary/aromatic N) is 3. The molecule has 0 aromatic heterocycles. The Labute approximate surface area is 86.1 Å². The predicted molar refractivity (Wildman–Crippen MR) is 59.7 cm³/mol. The smallest absolute Gasteiger partial charge is 0.0504 e. The van der Waals surface area contributed by atoms with Gasteiger partial charge in [0.15, 0.2) is 0 Å². The lowest BCUT2D eigenvalue weighted by Crippen LogP contribution is -2.46. The van der Waals surface area contributed by atoms with Crippen molar-refractivity contribution in [2.24, 2.45) is 4.99 Å². The van der Waals surface area contributed by atoms with E-state index in [2.05, 4.69) is 27.8 Å². The van der Waals surface area contributed by atoms with Gasteiger partial charge in [-0.3, -0.25) is 9.89 Å². The van der Waals surface area contributed by atoms with Gasteiger partial charge in [0.2, 0.25) is 0 Å². The molecule has 3 nitrogen and oxygen atoms in total. The fourth-order valence-electron chi connectivity index (χ4n) is 2.01. The Hall–Kier alpha value is -0.670. The van der Waals surface area contributed by atoms with Crippen LogP contribution in [-0.4, -0.2) is 55.3 Å². The highest BCUT2D eigenvalue weighted by atomic mass is 15.3. The molecule has 0 bridgehead atoms. The minimum absolute atomic E-state index is 1.03. The summed E-state index contributed by atoms with van der Waals surface area (Å²) in [7, 11) is 0. The first-order chi connectivity index (χ1) is 6.88. The summed E-state index contributed by atoms with van der Waals surface area (Å²) >= 11 is 0. The summed E-state index contributed by atoms with van der Waals surface area (Å²) in [4.78, 5) is 9.35. The van der Waals surface area contributed by atoms with E-state index in [9.17, 15) is 0 Å². The highest BCUT2D eigenvalue weighted by molar-refractivity contribution is 5.64. The van der Waals surface area contributed by atoms with Crippen LogP contribution >= 0.6 is 0 Å². The van der Waals surface area contributed by atoms with Gasteiger partial charge in [-0.1, -0.05) is 13.0 Å². The molecule has 0 atom stereocenters. The molecule has 2 aliphatic heterocycles. The number of hydrogen-bond acceptors (Lipinski definition) is 3. The average Bonchev–Trinajstić information content (AvgIpc) is 2.72. The van der Waals surface area contributed by atoms with Gasteiger partial charge >= 0.3 is 0 Å². The highest BCUT2D eigenvalue weighted by Gasteiger charge is 2.16. The first-order valence-corrected chi connectivity index (χ1v) is 5.55. The zero-order valence-electron chi connectivity index (χ0n) is 8.95. The largest absolute Gasteiger partial charge is 0.301 e. The van der Waals surface area contributed by atoms with E-state index in [1.54, 1.807) is 0 Å². The van der Waals surface area contributed by atoms with Crippen LogP contribution in [0.4, 0.5) is 0 Å². The van der Waals surface area contributed by atoms with Gasteiger partial charge in [-0.05, 0) is 6.54 Å². The van der Waals surface area contributed by atoms with Crippen molar-refractivity contribution in [1.82, 2.24) is 9.80 Å². The monoisotopic (exact) mass is 193 g/mol. The van der Waals surface area contributed by atoms with Crippen LogP contribution in [0.1, 0.15) is 13.3 Å². The van der Waals surface area contributed by atoms with E-state index in [0.717, 1.165) is 13.0 Å². The number of likely N-dealkylation sites (N-methyl/N-ethyl adjacent to an activating group) is 1. The highest BCUT2D eigenvalue weighted by Crippen LogP contribution is 2.09. The van der Waals surface area contributed by atoms with Crippen molar-refractivity contribution in [3.05, 3.63) is 11.8 Å². The number of allylic oxidation sites excluding steroid dienone is 1. The van der Waals surface area contributed by atoms with Crippen LogP contribution in [0.25, 0.3) is 0 Å². The SMILES string of the molecule is CCN1CCN(CC2=CCC=N2)CC1. The maximum Gasteiger partial charge on any atom is 0.0504 e. The van der Waals surface area contributed by atoms with Crippen molar-refractivity contribution < 1.29 is 0 Å². The molecule has 3 heteroatoms. The zero-order chi connectivity index (χ0) is 9.80. The van der Waals surface area contributed by atoms with Gasteiger partial charge in [-0.2, -0.15) is 0 Å². The van der Waals surface area contributed by atoms with Gasteiger partial charge < -0.3 is 4.90 Å². The van der Waals surface area contributed by atoms with Gasteiger partial charge in [-0.25, -0.2) is 0 Å². The maximum atomic E-state index is 4.35. The molecular formula is C11H19N3. The maximum absolute atomic E-state index is 4.35. The number of rotatable bonds is 3. The minimum Gasteiger partial charge on any atom is -0.301 e. The second-order valence-corrected chi connectivity index (χ2v) is 3.95. The lowest BCUT2D eigenvalue weighted by molar-refractivity contribution is 0.145. The molecule has 2 aliphatic rings. The van der Waals surface area contributed by atoms with Crippen LogP contribution in [-0.2, 0) is 0 Å². The van der Waals surface area contributed by atoms with Crippen LogP contribution < -0.4 is 0 Å². The molecule has 0 N–H and O–H groups in total. The Kier molecular flexibility index (Phi) is 3.32. The Morgan fingerprint density at radius 1 is 1.21 bits per heavy atom. The molecule has 0 aromatic carbocycles. The molecule has 0 spiro atoms. The fraction of sp³-hybridized carbons (Fsp3) is 0.727. The van der Waals surface area contributed by atoms with Crippen LogP contribution in [0.2, 0.25) is 0 Å². The van der Waals surface area contributed by atoms with Crippen molar-refractivity contribution in [3.63, 3.8) is 0 Å². The van der Waals surface area contributed by atoms with E-state index in [4.69, 9.17) is 0 Å². The van der Waals surface area contributed by atoms with Gasteiger partial charge in [0, 0.05) is 45.4 Å². The third kappa shape index (κ3) is 2.42. The molecule has 0 amide bonds. The van der Waals surface area contributed by atoms with Crippen LogP contribution in [0.15, 0.2) is 16.8 Å². The predicted octanol–water partition coefficient (Wildman–Crippen LogP) is 0.982. The molecule has 0 aliphatic carbocycles. The molecule has 14 heavy (non-hydrogen) atoms. The quantitative estimate of drug-likeness (QED) is 0.665. The van der Waals surface area contributed by atoms with E-state index in [1.807, 2.05) is 6.21 Å². The Morgan fingerprint density at radius 2 is 1.93 bits per heavy atom. The summed E-state index contributed by atoms with van der Waals surface area (Å²) in [5, 5.41) is 0. The second-order valence-electron chi connectivity index (χ2n) is 3.95. The van der Waals surface area contributed by atoms with Gasteiger partial charge in [0.05, 0.1) is 5.70 Å². The van der Waals surface area contributed by atoms with Gasteiger partial charge in [0.1, 0.15) is 0 Å². The summed E-state index contributed by atoms with van der Waals surface area (Å²) in [6, 6.07) is 0. The second kappa shape index (κ2) is 4.71. The first-order valence-electron chi connectivity index (χ1n) is 5.55. The van der Waals surface area contributed by atoms with Crippen LogP contribution in [0, 0.1) is 0 Å². The third-order valence-corrected chi connectivity index (χ3v) is 3.01. The summed E-state index contributed by atoms with van der Waals surface area (Å²) in [6.07, 6.45) is 5.26. The molecule has 0 radical (unpaired) electrons. The van der Waals surface area contributed by atoms with Crippen LogP contribution in [0.5, 0.6) is 0 Å².